The monoisotopic (exact) mass is 200 g/mol. The molecule has 0 amide bonds. The third kappa shape index (κ3) is 1.59. The van der Waals surface area contributed by atoms with Crippen LogP contribution in [0.3, 0.4) is 0 Å². The molecule has 2 atom stereocenters. The summed E-state index contributed by atoms with van der Waals surface area (Å²) < 4.78 is 0. The lowest BCUT2D eigenvalue weighted by Gasteiger charge is -2.29. The summed E-state index contributed by atoms with van der Waals surface area (Å²) >= 11 is 0. The van der Waals surface area contributed by atoms with E-state index in [4.69, 9.17) is 0 Å². The molecule has 0 unspecified atom stereocenters. The fourth-order valence-corrected chi connectivity index (χ4v) is 2.81. The highest BCUT2D eigenvalue weighted by Crippen LogP contribution is 2.36. The Kier molecular flexibility index (Phi) is 2.29. The van der Waals surface area contributed by atoms with E-state index in [0.29, 0.717) is 6.04 Å². The predicted molar refractivity (Wildman–Crippen MR) is 61.3 cm³/mol. The van der Waals surface area contributed by atoms with Gasteiger partial charge in [0, 0.05) is 18.4 Å². The summed E-state index contributed by atoms with van der Waals surface area (Å²) in [6.07, 6.45) is 10.1. The molecule has 1 aromatic rings. The van der Waals surface area contributed by atoms with Crippen molar-refractivity contribution in [3.63, 3.8) is 0 Å². The van der Waals surface area contributed by atoms with E-state index in [2.05, 4.69) is 22.4 Å². The molecule has 1 fully saturated rings. The van der Waals surface area contributed by atoms with E-state index in [1.165, 1.54) is 36.9 Å². The molecule has 0 aromatic carbocycles. The molecule has 2 heteroatoms. The topological polar surface area (TPSA) is 24.9 Å². The van der Waals surface area contributed by atoms with Gasteiger partial charge in [-0.2, -0.15) is 0 Å². The number of hydrogen-bond acceptors (Lipinski definition) is 2. The maximum absolute atomic E-state index is 4.20. The van der Waals surface area contributed by atoms with Crippen molar-refractivity contribution in [2.45, 2.75) is 25.3 Å². The molecule has 1 saturated heterocycles. The maximum Gasteiger partial charge on any atom is 0.0354 e. The molecule has 78 valence electrons. The summed E-state index contributed by atoms with van der Waals surface area (Å²) in [5.41, 5.74) is 2.76. The van der Waals surface area contributed by atoms with Crippen molar-refractivity contribution in [3.8, 4) is 0 Å². The van der Waals surface area contributed by atoms with Crippen LogP contribution in [0.5, 0.6) is 0 Å². The van der Waals surface area contributed by atoms with Gasteiger partial charge in [-0.1, -0.05) is 12.1 Å². The molecule has 3 rings (SSSR count). The van der Waals surface area contributed by atoms with Crippen LogP contribution >= 0.6 is 0 Å². The molecule has 0 spiro atoms. The van der Waals surface area contributed by atoms with Crippen LogP contribution < -0.4 is 5.32 Å². The van der Waals surface area contributed by atoms with E-state index >= 15 is 0 Å². The van der Waals surface area contributed by atoms with E-state index in [-0.39, 0.29) is 0 Å². The van der Waals surface area contributed by atoms with Crippen molar-refractivity contribution in [2.75, 3.05) is 6.54 Å². The average molecular weight is 200 g/mol. The quantitative estimate of drug-likeness (QED) is 0.752. The van der Waals surface area contributed by atoms with Gasteiger partial charge < -0.3 is 5.32 Å². The summed E-state index contributed by atoms with van der Waals surface area (Å²) in [6, 6.07) is 4.77. The lowest BCUT2D eigenvalue weighted by Crippen LogP contribution is -2.39. The molecule has 1 aliphatic carbocycles. The molecule has 1 aromatic heterocycles. The number of piperidine rings is 1. The summed E-state index contributed by atoms with van der Waals surface area (Å²) in [5.74, 6) is 0.828. The van der Waals surface area contributed by atoms with Crippen LogP contribution in [0.1, 0.15) is 24.8 Å². The van der Waals surface area contributed by atoms with Crippen LogP contribution in [0.2, 0.25) is 0 Å². The number of rotatable bonds is 1. The van der Waals surface area contributed by atoms with Gasteiger partial charge in [0.25, 0.3) is 0 Å². The largest absolute Gasteiger partial charge is 0.310 e. The van der Waals surface area contributed by atoms with E-state index in [9.17, 15) is 0 Å². The zero-order valence-electron chi connectivity index (χ0n) is 8.82. The number of allylic oxidation sites excluding steroid dienone is 1. The Labute approximate surface area is 90.4 Å². The number of pyridine rings is 1. The molecule has 2 nitrogen and oxygen atoms in total. The van der Waals surface area contributed by atoms with Gasteiger partial charge in [0.1, 0.15) is 0 Å². The Bertz CT molecular complexity index is 369. The van der Waals surface area contributed by atoms with Crippen LogP contribution in [0, 0.1) is 5.92 Å². The lowest BCUT2D eigenvalue weighted by molar-refractivity contribution is 0.346. The van der Waals surface area contributed by atoms with Gasteiger partial charge in [0.05, 0.1) is 0 Å². The number of aromatic nitrogens is 1. The number of hydrogen-bond donors (Lipinski definition) is 1. The first-order valence-electron chi connectivity index (χ1n) is 5.79. The van der Waals surface area contributed by atoms with Gasteiger partial charge in [-0.3, -0.25) is 4.98 Å². The van der Waals surface area contributed by atoms with E-state index in [0.717, 1.165) is 5.92 Å². The van der Waals surface area contributed by atoms with Crippen molar-refractivity contribution in [1.29, 1.82) is 0 Å². The molecule has 2 heterocycles. The molecule has 1 N–H and O–H groups in total. The van der Waals surface area contributed by atoms with Crippen molar-refractivity contribution < 1.29 is 0 Å². The normalized spacial score (nSPS) is 29.7. The van der Waals surface area contributed by atoms with Gasteiger partial charge >= 0.3 is 0 Å². The number of fused-ring (bicyclic) bond motifs is 1. The SMILES string of the molecule is C1=C(c2cccnc2)[C@H]2NCCC[C@H]2C1. The first-order valence-corrected chi connectivity index (χ1v) is 5.79. The first kappa shape index (κ1) is 9.10. The summed E-state index contributed by atoms with van der Waals surface area (Å²) in [4.78, 5) is 4.20. The van der Waals surface area contributed by atoms with E-state index in [1.807, 2.05) is 18.5 Å². The molecule has 15 heavy (non-hydrogen) atoms. The van der Waals surface area contributed by atoms with Crippen molar-refractivity contribution in [3.05, 3.63) is 36.2 Å². The molecule has 0 saturated carbocycles. The zero-order valence-corrected chi connectivity index (χ0v) is 8.82. The highest BCUT2D eigenvalue weighted by atomic mass is 14.9. The fourth-order valence-electron chi connectivity index (χ4n) is 2.81. The Morgan fingerprint density at radius 1 is 1.40 bits per heavy atom. The van der Waals surface area contributed by atoms with Crippen LogP contribution in [-0.4, -0.2) is 17.6 Å². The van der Waals surface area contributed by atoms with Crippen LogP contribution in [-0.2, 0) is 0 Å². The molecular formula is C13H16N2. The second-order valence-corrected chi connectivity index (χ2v) is 4.47. The Morgan fingerprint density at radius 3 is 3.27 bits per heavy atom. The Hall–Kier alpha value is -1.15. The van der Waals surface area contributed by atoms with Gasteiger partial charge in [0.2, 0.25) is 0 Å². The molecule has 0 bridgehead atoms. The molecule has 1 aliphatic heterocycles. The maximum atomic E-state index is 4.20. The van der Waals surface area contributed by atoms with Gasteiger partial charge in [0.15, 0.2) is 0 Å². The van der Waals surface area contributed by atoms with Crippen molar-refractivity contribution >= 4 is 5.57 Å². The minimum Gasteiger partial charge on any atom is -0.310 e. The fraction of sp³-hybridized carbons (Fsp3) is 0.462. The minimum absolute atomic E-state index is 0.586. The Morgan fingerprint density at radius 2 is 2.40 bits per heavy atom. The second-order valence-electron chi connectivity index (χ2n) is 4.47. The minimum atomic E-state index is 0.586. The van der Waals surface area contributed by atoms with Crippen LogP contribution in [0.25, 0.3) is 5.57 Å². The number of nitrogens with zero attached hydrogens (tertiary/aromatic N) is 1. The molecule has 2 aliphatic rings. The third-order valence-corrected chi connectivity index (χ3v) is 3.56. The Balaban J connectivity index is 1.88. The molecule has 0 radical (unpaired) electrons. The van der Waals surface area contributed by atoms with Gasteiger partial charge in [-0.15, -0.1) is 0 Å². The predicted octanol–water partition coefficient (Wildman–Crippen LogP) is 2.24. The zero-order chi connectivity index (χ0) is 10.1. The van der Waals surface area contributed by atoms with Gasteiger partial charge in [-0.05, 0) is 48.9 Å². The summed E-state index contributed by atoms with van der Waals surface area (Å²) in [7, 11) is 0. The number of nitrogens with one attached hydrogen (secondary N) is 1. The summed E-state index contributed by atoms with van der Waals surface area (Å²) in [6.45, 7) is 1.17. The van der Waals surface area contributed by atoms with Crippen molar-refractivity contribution in [1.82, 2.24) is 10.3 Å². The van der Waals surface area contributed by atoms with E-state index in [1.54, 1.807) is 0 Å². The standard InChI is InChI=1S/C13H16N2/c1-4-11(9-14-7-1)12-6-5-10-3-2-8-15-13(10)12/h1,4,6-7,9-10,13,15H,2-3,5,8H2/t10-,13-/m0/s1. The van der Waals surface area contributed by atoms with E-state index < -0.39 is 0 Å². The van der Waals surface area contributed by atoms with Crippen LogP contribution in [0.4, 0.5) is 0 Å². The second kappa shape index (κ2) is 3.78. The smallest absolute Gasteiger partial charge is 0.0354 e. The highest BCUT2D eigenvalue weighted by Gasteiger charge is 2.31. The average Bonchev–Trinajstić information content (AvgIpc) is 2.74. The van der Waals surface area contributed by atoms with Crippen LogP contribution in [0.15, 0.2) is 30.6 Å². The summed E-state index contributed by atoms with van der Waals surface area (Å²) in [5, 5.41) is 3.63. The molecular weight excluding hydrogens is 184 g/mol. The highest BCUT2D eigenvalue weighted by molar-refractivity contribution is 5.71. The lowest BCUT2D eigenvalue weighted by atomic mass is 9.89. The van der Waals surface area contributed by atoms with Gasteiger partial charge in [-0.25, -0.2) is 0 Å². The third-order valence-electron chi connectivity index (χ3n) is 3.56. The van der Waals surface area contributed by atoms with Crippen molar-refractivity contribution in [2.24, 2.45) is 5.92 Å². The first-order chi connectivity index (χ1) is 7.45.